The van der Waals surface area contributed by atoms with Gasteiger partial charge in [-0.25, -0.2) is 0 Å². The number of aliphatic hydroxyl groups excluding tert-OH is 1. The van der Waals surface area contributed by atoms with Gasteiger partial charge in [-0.3, -0.25) is 14.4 Å². The summed E-state index contributed by atoms with van der Waals surface area (Å²) in [7, 11) is 0. The van der Waals surface area contributed by atoms with Crippen molar-refractivity contribution >= 4 is 34.2 Å². The number of hydrogen-bond acceptors (Lipinski definition) is 6. The summed E-state index contributed by atoms with van der Waals surface area (Å²) in [4.78, 5) is 40.2. The smallest absolute Gasteiger partial charge is 0.243 e. The van der Waals surface area contributed by atoms with Gasteiger partial charge in [-0.2, -0.15) is 0 Å². The van der Waals surface area contributed by atoms with E-state index in [4.69, 9.17) is 10.5 Å². The van der Waals surface area contributed by atoms with Crippen LogP contribution in [0.5, 0.6) is 5.75 Å². The second-order valence-corrected chi connectivity index (χ2v) is 9.36. The number of anilines is 1. The Kier molecular flexibility index (Phi) is 9.29. The van der Waals surface area contributed by atoms with E-state index in [1.807, 2.05) is 66.7 Å². The highest BCUT2D eigenvalue weighted by molar-refractivity contribution is 5.95. The van der Waals surface area contributed by atoms with Gasteiger partial charge in [0.1, 0.15) is 11.8 Å². The van der Waals surface area contributed by atoms with Gasteiger partial charge in [0.25, 0.3) is 0 Å². The molecule has 5 N–H and O–H groups in total. The maximum Gasteiger partial charge on any atom is 0.243 e. The third-order valence-electron chi connectivity index (χ3n) is 6.51. The van der Waals surface area contributed by atoms with Gasteiger partial charge in [-0.15, -0.1) is 0 Å². The molecular weight excluding hydrogens is 484 g/mol. The highest BCUT2D eigenvalue weighted by Crippen LogP contribution is 2.31. The Hall–Kier alpha value is -3.95. The fourth-order valence-corrected chi connectivity index (χ4v) is 4.46. The van der Waals surface area contributed by atoms with Crippen LogP contribution in [-0.4, -0.2) is 61.2 Å². The van der Waals surface area contributed by atoms with Crippen LogP contribution in [0.25, 0.3) is 10.8 Å². The van der Waals surface area contributed by atoms with Crippen molar-refractivity contribution in [1.82, 2.24) is 10.6 Å². The van der Waals surface area contributed by atoms with Crippen molar-refractivity contribution in [2.75, 3.05) is 31.1 Å². The van der Waals surface area contributed by atoms with E-state index in [0.717, 1.165) is 16.3 Å². The summed E-state index contributed by atoms with van der Waals surface area (Å²) in [6, 6.07) is 20.4. The zero-order valence-electron chi connectivity index (χ0n) is 21.3. The first-order valence-corrected chi connectivity index (χ1v) is 12.9. The zero-order chi connectivity index (χ0) is 26.9. The Balaban J connectivity index is 1.40. The van der Waals surface area contributed by atoms with Gasteiger partial charge in [0.15, 0.2) is 0 Å². The quantitative estimate of drug-likeness (QED) is 0.306. The second-order valence-electron chi connectivity index (χ2n) is 9.36. The van der Waals surface area contributed by atoms with Crippen LogP contribution < -0.4 is 26.0 Å². The molecule has 38 heavy (non-hydrogen) atoms. The number of rotatable bonds is 11. The lowest BCUT2D eigenvalue weighted by molar-refractivity contribution is -0.129. The molecular formula is C29H34N4O5. The number of carbonyl (C=O) groups is 3. The standard InChI is InChI=1S/C29H34N4O5/c30-18-23(34)19-31-29(37)24(17-20-11-12-21-6-1-2-7-22(21)16-20)32-27(35)10-5-14-33-25-8-3-4-9-26(25)38-15-13-28(33)36/h1-4,6-9,11-12,16,23-24,34H,5,10,13-15,17-19,30H2,(H,31,37)(H,32,35)/t23-,24?/m1/s1. The number of benzene rings is 3. The maximum absolute atomic E-state index is 13.0. The molecule has 0 radical (unpaired) electrons. The minimum Gasteiger partial charge on any atom is -0.491 e. The van der Waals surface area contributed by atoms with Gasteiger partial charge in [-0.1, -0.05) is 54.6 Å². The summed E-state index contributed by atoms with van der Waals surface area (Å²) in [5.74, 6) is -0.0955. The molecule has 3 aromatic rings. The molecule has 9 nitrogen and oxygen atoms in total. The van der Waals surface area contributed by atoms with Gasteiger partial charge in [0.2, 0.25) is 17.7 Å². The lowest BCUT2D eigenvalue weighted by Gasteiger charge is -2.22. The number of hydrogen-bond donors (Lipinski definition) is 4. The first kappa shape index (κ1) is 27.1. The van der Waals surface area contributed by atoms with Crippen molar-refractivity contribution in [2.24, 2.45) is 5.73 Å². The number of nitrogens with zero attached hydrogens (tertiary/aromatic N) is 1. The van der Waals surface area contributed by atoms with Crippen LogP contribution in [0.1, 0.15) is 24.8 Å². The number of ether oxygens (including phenoxy) is 1. The van der Waals surface area contributed by atoms with E-state index < -0.39 is 18.1 Å². The number of fused-ring (bicyclic) bond motifs is 2. The number of carbonyl (C=O) groups excluding carboxylic acids is 3. The predicted molar refractivity (Wildman–Crippen MR) is 146 cm³/mol. The highest BCUT2D eigenvalue weighted by atomic mass is 16.5. The van der Waals surface area contributed by atoms with Gasteiger partial charge >= 0.3 is 0 Å². The normalized spacial score (nSPS) is 14.7. The molecule has 4 rings (SSSR count). The number of aliphatic hydroxyl groups is 1. The molecule has 3 aromatic carbocycles. The first-order valence-electron chi connectivity index (χ1n) is 12.9. The lowest BCUT2D eigenvalue weighted by atomic mass is 10.0. The van der Waals surface area contributed by atoms with E-state index in [2.05, 4.69) is 10.6 Å². The average molecular weight is 519 g/mol. The van der Waals surface area contributed by atoms with E-state index in [1.54, 1.807) is 4.90 Å². The first-order chi connectivity index (χ1) is 18.4. The molecule has 0 spiro atoms. The molecule has 0 bridgehead atoms. The fraction of sp³-hybridized carbons (Fsp3) is 0.345. The molecule has 2 atom stereocenters. The largest absolute Gasteiger partial charge is 0.491 e. The SMILES string of the molecule is NC[C@@H](O)CNC(=O)C(Cc1ccc2ccccc2c1)NC(=O)CCCN1C(=O)CCOc2ccccc21. The van der Waals surface area contributed by atoms with Gasteiger partial charge < -0.3 is 31.1 Å². The van der Waals surface area contributed by atoms with Gasteiger partial charge in [-0.05, 0) is 34.9 Å². The summed E-state index contributed by atoms with van der Waals surface area (Å²) in [5.41, 5.74) is 7.05. The summed E-state index contributed by atoms with van der Waals surface area (Å²) in [6.45, 7) is 0.692. The van der Waals surface area contributed by atoms with E-state index in [1.165, 1.54) is 0 Å². The number of nitrogens with one attached hydrogen (secondary N) is 2. The molecule has 1 heterocycles. The number of amides is 3. The highest BCUT2D eigenvalue weighted by Gasteiger charge is 2.24. The van der Waals surface area contributed by atoms with E-state index in [9.17, 15) is 19.5 Å². The van der Waals surface area contributed by atoms with E-state index in [-0.39, 0.29) is 44.2 Å². The Bertz CT molecular complexity index is 1280. The van der Waals surface area contributed by atoms with Gasteiger partial charge in [0, 0.05) is 32.5 Å². The molecule has 0 aliphatic carbocycles. The van der Waals surface area contributed by atoms with Crippen molar-refractivity contribution in [2.45, 2.75) is 37.8 Å². The van der Waals surface area contributed by atoms with Crippen LogP contribution in [0, 0.1) is 0 Å². The third-order valence-corrected chi connectivity index (χ3v) is 6.51. The second kappa shape index (κ2) is 13.0. The van der Waals surface area contributed by atoms with Crippen molar-refractivity contribution in [3.8, 4) is 5.75 Å². The number of nitrogens with two attached hydrogens (primary N) is 1. The molecule has 0 aromatic heterocycles. The van der Waals surface area contributed by atoms with Crippen molar-refractivity contribution < 1.29 is 24.2 Å². The van der Waals surface area contributed by atoms with E-state index >= 15 is 0 Å². The molecule has 1 unspecified atom stereocenters. The molecule has 1 aliphatic heterocycles. The Morgan fingerprint density at radius 2 is 1.82 bits per heavy atom. The van der Waals surface area contributed by atoms with Crippen LogP contribution in [0.3, 0.4) is 0 Å². The molecule has 1 aliphatic rings. The maximum atomic E-state index is 13.0. The van der Waals surface area contributed by atoms with Crippen LogP contribution in [-0.2, 0) is 20.8 Å². The molecule has 9 heteroatoms. The minimum atomic E-state index is -0.867. The van der Waals surface area contributed by atoms with Crippen LogP contribution in [0.4, 0.5) is 5.69 Å². The number of para-hydroxylation sites is 2. The summed E-state index contributed by atoms with van der Waals surface area (Å²) >= 11 is 0. The fourth-order valence-electron chi connectivity index (χ4n) is 4.46. The molecule has 0 fully saturated rings. The van der Waals surface area contributed by atoms with Crippen LogP contribution in [0.15, 0.2) is 66.7 Å². The van der Waals surface area contributed by atoms with Crippen LogP contribution >= 0.6 is 0 Å². The van der Waals surface area contributed by atoms with Crippen molar-refractivity contribution in [3.63, 3.8) is 0 Å². The van der Waals surface area contributed by atoms with Gasteiger partial charge in [0.05, 0.1) is 24.8 Å². The zero-order valence-corrected chi connectivity index (χ0v) is 21.3. The minimum absolute atomic E-state index is 0.00201. The van der Waals surface area contributed by atoms with Crippen molar-refractivity contribution in [3.05, 3.63) is 72.3 Å². The molecule has 3 amide bonds. The summed E-state index contributed by atoms with van der Waals surface area (Å²) in [5, 5.41) is 17.4. The molecule has 200 valence electrons. The molecule has 0 saturated carbocycles. The Labute approximate surface area is 222 Å². The third kappa shape index (κ3) is 7.08. The lowest BCUT2D eigenvalue weighted by Crippen LogP contribution is -2.50. The summed E-state index contributed by atoms with van der Waals surface area (Å²) in [6.07, 6.45) is 0.246. The Morgan fingerprint density at radius 1 is 1.05 bits per heavy atom. The van der Waals surface area contributed by atoms with Crippen molar-refractivity contribution in [1.29, 1.82) is 0 Å². The molecule has 0 saturated heterocycles. The Morgan fingerprint density at radius 3 is 2.63 bits per heavy atom. The van der Waals surface area contributed by atoms with Crippen LogP contribution in [0.2, 0.25) is 0 Å². The monoisotopic (exact) mass is 518 g/mol. The van der Waals surface area contributed by atoms with E-state index in [0.29, 0.717) is 31.0 Å². The average Bonchev–Trinajstić information content (AvgIpc) is 3.09. The summed E-state index contributed by atoms with van der Waals surface area (Å²) < 4.78 is 5.67. The topological polar surface area (TPSA) is 134 Å². The predicted octanol–water partition coefficient (Wildman–Crippen LogP) is 1.90.